The van der Waals surface area contributed by atoms with E-state index in [0.29, 0.717) is 29.1 Å². The van der Waals surface area contributed by atoms with Gasteiger partial charge in [-0.1, -0.05) is 56.5 Å². The highest BCUT2D eigenvalue weighted by Gasteiger charge is 2.35. The monoisotopic (exact) mass is 549 g/mol. The van der Waals surface area contributed by atoms with Gasteiger partial charge in [0.25, 0.3) is 0 Å². The van der Waals surface area contributed by atoms with Crippen LogP contribution in [0.5, 0.6) is 0 Å². The van der Waals surface area contributed by atoms with Gasteiger partial charge in [0.2, 0.25) is 0 Å². The Morgan fingerprint density at radius 3 is 2.52 bits per heavy atom. The average Bonchev–Trinajstić information content (AvgIpc) is 3.29. The van der Waals surface area contributed by atoms with Crippen molar-refractivity contribution in [3.63, 3.8) is 0 Å². The van der Waals surface area contributed by atoms with Gasteiger partial charge < -0.3 is 4.90 Å². The number of halogens is 5. The Kier molecular flexibility index (Phi) is 8.13. The Labute approximate surface area is 229 Å². The largest absolute Gasteiger partial charge is 0.417 e. The zero-order chi connectivity index (χ0) is 29.2. The van der Waals surface area contributed by atoms with Crippen LogP contribution >= 0.6 is 0 Å². The van der Waals surface area contributed by atoms with E-state index >= 15 is 0 Å². The minimum atomic E-state index is -4.57. The van der Waals surface area contributed by atoms with E-state index in [4.69, 9.17) is 6.58 Å². The second-order valence-electron chi connectivity index (χ2n) is 9.37. The fourth-order valence-electron chi connectivity index (χ4n) is 4.49. The number of aliphatic imine (C=N–C) groups is 3. The third-order valence-corrected chi connectivity index (χ3v) is 6.55. The van der Waals surface area contributed by atoms with Crippen LogP contribution in [0.15, 0.2) is 93.3 Å². The lowest BCUT2D eigenvalue weighted by Crippen LogP contribution is -2.22. The maximum atomic E-state index is 14.4. The molecule has 0 aliphatic carbocycles. The summed E-state index contributed by atoms with van der Waals surface area (Å²) in [6.45, 7) is 11.4. The number of allylic oxidation sites excluding steroid dienone is 6. The average molecular weight is 550 g/mol. The smallest absolute Gasteiger partial charge is 0.348 e. The van der Waals surface area contributed by atoms with Crippen LogP contribution in [0.1, 0.15) is 35.6 Å². The van der Waals surface area contributed by atoms with Gasteiger partial charge in [-0.2, -0.15) is 13.2 Å². The van der Waals surface area contributed by atoms with Gasteiger partial charge in [0, 0.05) is 37.3 Å². The van der Waals surface area contributed by atoms with Crippen LogP contribution in [-0.2, 0) is 6.18 Å². The number of hydrogen-bond donors (Lipinski definition) is 0. The van der Waals surface area contributed by atoms with E-state index in [9.17, 15) is 22.0 Å². The number of alkyl halides is 3. The Morgan fingerprint density at radius 2 is 1.85 bits per heavy atom. The molecule has 0 spiro atoms. The third kappa shape index (κ3) is 5.78. The Bertz CT molecular complexity index is 1550. The summed E-state index contributed by atoms with van der Waals surface area (Å²) in [7, 11) is 3.30. The molecule has 2 aliphatic rings. The van der Waals surface area contributed by atoms with E-state index in [2.05, 4.69) is 21.6 Å². The molecule has 40 heavy (non-hydrogen) atoms. The molecule has 4 nitrogen and oxygen atoms in total. The number of hydrogen-bond acceptors (Lipinski definition) is 4. The van der Waals surface area contributed by atoms with E-state index in [-0.39, 0.29) is 28.4 Å². The van der Waals surface area contributed by atoms with Crippen molar-refractivity contribution in [2.24, 2.45) is 20.9 Å². The first-order valence-electron chi connectivity index (χ1n) is 12.3. The van der Waals surface area contributed by atoms with Gasteiger partial charge in [-0.3, -0.25) is 4.99 Å². The fourth-order valence-corrected chi connectivity index (χ4v) is 4.49. The summed E-state index contributed by atoms with van der Waals surface area (Å²) in [5, 5.41) is 0. The first-order valence-corrected chi connectivity index (χ1v) is 12.3. The lowest BCUT2D eigenvalue weighted by Gasteiger charge is -2.31. The van der Waals surface area contributed by atoms with Gasteiger partial charge in [-0.25, -0.2) is 18.8 Å². The van der Waals surface area contributed by atoms with Crippen LogP contribution in [0.25, 0.3) is 11.6 Å². The van der Waals surface area contributed by atoms with Crippen LogP contribution < -0.4 is 0 Å². The van der Waals surface area contributed by atoms with Crippen LogP contribution in [0.3, 0.4) is 0 Å². The molecule has 2 aliphatic heterocycles. The van der Waals surface area contributed by atoms with E-state index in [0.717, 1.165) is 23.9 Å². The van der Waals surface area contributed by atoms with E-state index in [1.54, 1.807) is 31.1 Å². The lowest BCUT2D eigenvalue weighted by atomic mass is 9.91. The molecule has 0 saturated heterocycles. The van der Waals surface area contributed by atoms with Crippen LogP contribution in [0.2, 0.25) is 0 Å². The number of likely N-dealkylation sites (N-methyl/N-ethyl adjacent to an activating group) is 1. The highest BCUT2D eigenvalue weighted by Crippen LogP contribution is 2.40. The summed E-state index contributed by atoms with van der Waals surface area (Å²) in [6.07, 6.45) is 3.75. The van der Waals surface area contributed by atoms with Gasteiger partial charge in [0.15, 0.2) is 17.5 Å². The summed E-state index contributed by atoms with van der Waals surface area (Å²) in [4.78, 5) is 14.5. The van der Waals surface area contributed by atoms with Crippen molar-refractivity contribution in [3.8, 4) is 0 Å². The maximum Gasteiger partial charge on any atom is 0.417 e. The summed E-state index contributed by atoms with van der Waals surface area (Å²) in [5.74, 6) is -2.11. The maximum absolute atomic E-state index is 14.4. The van der Waals surface area contributed by atoms with E-state index in [1.165, 1.54) is 30.5 Å². The molecular weight excluding hydrogens is 523 g/mol. The summed E-state index contributed by atoms with van der Waals surface area (Å²) < 4.78 is 69.6. The van der Waals surface area contributed by atoms with Crippen LogP contribution in [0, 0.1) is 24.1 Å². The molecule has 2 heterocycles. The number of rotatable bonds is 7. The summed E-state index contributed by atoms with van der Waals surface area (Å²) >= 11 is 0. The van der Waals surface area contributed by atoms with Crippen molar-refractivity contribution in [3.05, 3.63) is 119 Å². The highest BCUT2D eigenvalue weighted by molar-refractivity contribution is 6.42. The topological polar surface area (TPSA) is 40.3 Å². The molecule has 0 N–H and O–H groups in total. The van der Waals surface area contributed by atoms with Crippen molar-refractivity contribution in [2.45, 2.75) is 19.5 Å². The standard InChI is InChI=1S/C31H26F5N4/c1-6-20-10-12-23(25(16-20)31(34,35)36)22-13-11-21(40(5)19(22)3)14-18(2)15-27-28(17-37-4)39-30(38-27)24-8-7-9-26(32)29(24)33/h1,6-13,15-18H,3,14H2,2,4-5H3/b6-1?,27-15+,37-17?. The van der Waals surface area contributed by atoms with Crippen molar-refractivity contribution < 1.29 is 22.0 Å². The molecule has 0 fully saturated rings. The molecule has 4 rings (SSSR count). The second kappa shape index (κ2) is 11.4. The first kappa shape index (κ1) is 28.6. The molecule has 0 saturated carbocycles. The molecule has 0 amide bonds. The third-order valence-electron chi connectivity index (χ3n) is 6.55. The van der Waals surface area contributed by atoms with Gasteiger partial charge in [0.1, 0.15) is 5.71 Å². The van der Waals surface area contributed by atoms with Gasteiger partial charge in [0.05, 0.1) is 16.8 Å². The SMILES string of the molecule is [CH]=Cc1ccc(C2=CC=C(CC(C)/C=C3/N=C(c4cccc(F)c4F)N=C3C=NC)N(C)C2=C)c(C(F)(F)F)c1. The Morgan fingerprint density at radius 1 is 1.10 bits per heavy atom. The van der Waals surface area contributed by atoms with E-state index < -0.39 is 23.4 Å². The number of nitrogens with zero attached hydrogens (tertiary/aromatic N) is 4. The number of benzene rings is 2. The molecule has 1 radical (unpaired) electrons. The summed E-state index contributed by atoms with van der Waals surface area (Å²) in [5.41, 5.74) is 1.87. The second-order valence-corrected chi connectivity index (χ2v) is 9.37. The molecule has 205 valence electrons. The number of amidine groups is 1. The van der Waals surface area contributed by atoms with Crippen molar-refractivity contribution >= 4 is 29.4 Å². The quantitative estimate of drug-likeness (QED) is 0.258. The molecule has 1 unspecified atom stereocenters. The molecule has 1 atom stereocenters. The van der Waals surface area contributed by atoms with Gasteiger partial charge >= 0.3 is 6.18 Å². The van der Waals surface area contributed by atoms with Crippen LogP contribution in [0.4, 0.5) is 22.0 Å². The van der Waals surface area contributed by atoms with Crippen molar-refractivity contribution in [1.82, 2.24) is 4.90 Å². The molecule has 2 aromatic rings. The molecule has 9 heteroatoms. The first-order chi connectivity index (χ1) is 18.9. The molecule has 2 aromatic carbocycles. The van der Waals surface area contributed by atoms with Gasteiger partial charge in [-0.15, -0.1) is 0 Å². The molecule has 0 bridgehead atoms. The van der Waals surface area contributed by atoms with Crippen molar-refractivity contribution in [1.29, 1.82) is 0 Å². The molecule has 0 aromatic heterocycles. The highest BCUT2D eigenvalue weighted by atomic mass is 19.4. The Balaban J connectivity index is 1.63. The normalized spacial score (nSPS) is 17.6. The predicted octanol–water partition coefficient (Wildman–Crippen LogP) is 7.67. The fraction of sp³-hybridized carbons (Fsp3) is 0.194. The van der Waals surface area contributed by atoms with E-state index in [1.807, 2.05) is 13.0 Å². The zero-order valence-corrected chi connectivity index (χ0v) is 22.1. The zero-order valence-electron chi connectivity index (χ0n) is 22.1. The summed E-state index contributed by atoms with van der Waals surface area (Å²) in [6, 6.07) is 7.74. The van der Waals surface area contributed by atoms with Gasteiger partial charge in [-0.05, 0) is 47.7 Å². The predicted molar refractivity (Wildman–Crippen MR) is 150 cm³/mol. The lowest BCUT2D eigenvalue weighted by molar-refractivity contribution is -0.137. The Hall–Kier alpha value is -4.40. The van der Waals surface area contributed by atoms with Crippen LogP contribution in [-0.4, -0.2) is 36.8 Å². The van der Waals surface area contributed by atoms with Crippen molar-refractivity contribution in [2.75, 3.05) is 14.1 Å². The minimum absolute atomic E-state index is 0.0116. The minimum Gasteiger partial charge on any atom is -0.348 e. The molecular formula is C31H26F5N4.